The van der Waals surface area contributed by atoms with Crippen LogP contribution in [-0.2, 0) is 32.7 Å². The largest absolute Gasteiger partial charge is 0.472 e. The number of carbonyl (C=O) groups is 2. The van der Waals surface area contributed by atoms with Gasteiger partial charge in [0.05, 0.1) is 6.61 Å². The number of hydrogen-bond donors (Lipinski definition) is 1. The summed E-state index contributed by atoms with van der Waals surface area (Å²) in [6.07, 6.45) is 7.16. The maximum absolute atomic E-state index is 12.0. The number of hydrogen-bond acceptors (Lipinski definition) is 7. The first kappa shape index (κ1) is 26.1. The molecule has 0 saturated heterocycles. The van der Waals surface area contributed by atoms with Gasteiger partial charge in [0.1, 0.15) is 6.61 Å². The van der Waals surface area contributed by atoms with Crippen molar-refractivity contribution < 1.29 is 37.6 Å². The number of phosphoric ester groups is 1. The molecule has 0 bridgehead atoms. The number of esters is 2. The lowest BCUT2D eigenvalue weighted by Crippen LogP contribution is -2.29. The molecule has 1 unspecified atom stereocenters. The van der Waals surface area contributed by atoms with Crippen LogP contribution in [0.5, 0.6) is 0 Å². The van der Waals surface area contributed by atoms with E-state index in [1.807, 2.05) is 6.92 Å². The van der Waals surface area contributed by atoms with Gasteiger partial charge < -0.3 is 14.4 Å². The van der Waals surface area contributed by atoms with E-state index in [1.165, 1.54) is 0 Å². The third-order valence-corrected chi connectivity index (χ3v) is 4.79. The molecule has 0 aromatic rings. The van der Waals surface area contributed by atoms with E-state index >= 15 is 0 Å². The summed E-state index contributed by atoms with van der Waals surface area (Å²) in [5, 5.41) is 0. The molecular weight excluding hydrogens is 375 g/mol. The highest BCUT2D eigenvalue weighted by atomic mass is 31.2. The van der Waals surface area contributed by atoms with Crippen molar-refractivity contribution in [1.29, 1.82) is 0 Å². The van der Waals surface area contributed by atoms with Crippen LogP contribution >= 0.6 is 7.82 Å². The van der Waals surface area contributed by atoms with E-state index in [4.69, 9.17) is 14.0 Å². The summed E-state index contributed by atoms with van der Waals surface area (Å²) < 4.78 is 30.8. The molecule has 2 atom stereocenters. The van der Waals surface area contributed by atoms with Gasteiger partial charge in [0.15, 0.2) is 6.10 Å². The highest BCUT2D eigenvalue weighted by molar-refractivity contribution is 7.47. The Balaban J connectivity index is 4.40. The molecule has 8 nitrogen and oxygen atoms in total. The van der Waals surface area contributed by atoms with Crippen molar-refractivity contribution in [3.8, 4) is 0 Å². The van der Waals surface area contributed by atoms with Gasteiger partial charge in [-0.25, -0.2) is 4.57 Å². The quantitative estimate of drug-likeness (QED) is 0.216. The molecule has 0 radical (unpaired) electrons. The molecule has 0 aromatic carbocycles. The summed E-state index contributed by atoms with van der Waals surface area (Å²) in [5.74, 6) is -0.852. The van der Waals surface area contributed by atoms with Crippen LogP contribution in [0.2, 0.25) is 0 Å². The minimum absolute atomic E-state index is 0.226. The van der Waals surface area contributed by atoms with Crippen LogP contribution in [0.3, 0.4) is 0 Å². The molecule has 27 heavy (non-hydrogen) atoms. The van der Waals surface area contributed by atoms with E-state index < -0.39 is 32.5 Å². The van der Waals surface area contributed by atoms with E-state index in [9.17, 15) is 19.0 Å². The number of unbranched alkanes of at least 4 members (excludes halogenated alkanes) is 6. The third kappa shape index (κ3) is 15.8. The summed E-state index contributed by atoms with van der Waals surface area (Å²) in [4.78, 5) is 33.0. The fourth-order valence-corrected chi connectivity index (χ4v) is 2.70. The Labute approximate surface area is 162 Å². The van der Waals surface area contributed by atoms with Crippen LogP contribution in [0, 0.1) is 0 Å². The number of rotatable bonds is 17. The molecule has 0 fully saturated rings. The summed E-state index contributed by atoms with van der Waals surface area (Å²) in [6, 6.07) is 0. The highest BCUT2D eigenvalue weighted by Gasteiger charge is 2.24. The summed E-state index contributed by atoms with van der Waals surface area (Å²) >= 11 is 0. The second-order valence-corrected chi connectivity index (χ2v) is 7.92. The van der Waals surface area contributed by atoms with Gasteiger partial charge in [0.2, 0.25) is 0 Å². The topological polar surface area (TPSA) is 108 Å². The Morgan fingerprint density at radius 3 is 2.07 bits per heavy atom. The van der Waals surface area contributed by atoms with Crippen LogP contribution in [0.25, 0.3) is 0 Å². The molecule has 0 aliphatic carbocycles. The Bertz CT molecular complexity index is 455. The van der Waals surface area contributed by atoms with Gasteiger partial charge in [0.25, 0.3) is 0 Å². The molecular formula is C18H35O8P. The van der Waals surface area contributed by atoms with Crippen LogP contribution in [-0.4, -0.2) is 43.3 Å². The Morgan fingerprint density at radius 1 is 0.889 bits per heavy atom. The number of ether oxygens (including phenoxy) is 2. The second-order valence-electron chi connectivity index (χ2n) is 6.36. The average Bonchev–Trinajstić information content (AvgIpc) is 2.64. The summed E-state index contributed by atoms with van der Waals surface area (Å²) in [6.45, 7) is 3.52. The first-order chi connectivity index (χ1) is 12.8. The Morgan fingerprint density at radius 2 is 1.44 bits per heavy atom. The van der Waals surface area contributed by atoms with Crippen molar-refractivity contribution in [2.75, 3.05) is 20.3 Å². The van der Waals surface area contributed by atoms with E-state index in [0.717, 1.165) is 52.1 Å². The van der Waals surface area contributed by atoms with Gasteiger partial charge in [-0.1, -0.05) is 52.4 Å². The van der Waals surface area contributed by atoms with Gasteiger partial charge in [-0.05, 0) is 12.8 Å². The normalized spacial score (nSPS) is 14.4. The number of phosphoric acid groups is 1. The van der Waals surface area contributed by atoms with Gasteiger partial charge in [-0.3, -0.25) is 18.6 Å². The molecule has 9 heteroatoms. The fraction of sp³-hybridized carbons (Fsp3) is 0.889. The summed E-state index contributed by atoms with van der Waals surface area (Å²) in [7, 11) is -3.17. The highest BCUT2D eigenvalue weighted by Crippen LogP contribution is 2.42. The summed E-state index contributed by atoms with van der Waals surface area (Å²) in [5.41, 5.74) is 0. The zero-order valence-corrected chi connectivity index (χ0v) is 17.7. The SMILES string of the molecule is CCCCCCCC(=O)O[C@H](COC(=O)CCCCC)COP(=O)(O)OC. The molecule has 0 saturated carbocycles. The van der Waals surface area contributed by atoms with Crippen LogP contribution in [0.1, 0.15) is 78.1 Å². The maximum Gasteiger partial charge on any atom is 0.472 e. The fourth-order valence-electron chi connectivity index (χ4n) is 2.24. The predicted octanol–water partition coefficient (Wildman–Crippen LogP) is 4.15. The molecule has 0 aliphatic rings. The smallest absolute Gasteiger partial charge is 0.462 e. The number of carbonyl (C=O) groups excluding carboxylic acids is 2. The molecule has 0 spiro atoms. The minimum atomic E-state index is -4.21. The van der Waals surface area contributed by atoms with Crippen LogP contribution in [0.15, 0.2) is 0 Å². The lowest BCUT2D eigenvalue weighted by Gasteiger charge is -2.19. The molecule has 160 valence electrons. The average molecular weight is 410 g/mol. The third-order valence-electron chi connectivity index (χ3n) is 3.85. The molecule has 0 aliphatic heterocycles. The standard InChI is InChI=1S/C18H35O8P/c1-4-6-8-9-11-13-18(20)26-16(15-25-27(21,22)23-3)14-24-17(19)12-10-7-5-2/h16H,4-15H2,1-3H3,(H,21,22)/t16-/m1/s1. The van der Waals surface area contributed by atoms with Crippen LogP contribution in [0.4, 0.5) is 0 Å². The minimum Gasteiger partial charge on any atom is -0.462 e. The van der Waals surface area contributed by atoms with Crippen molar-refractivity contribution in [2.24, 2.45) is 0 Å². The lowest BCUT2D eigenvalue weighted by molar-refractivity contribution is -0.161. The van der Waals surface area contributed by atoms with E-state index in [1.54, 1.807) is 0 Å². The van der Waals surface area contributed by atoms with Gasteiger partial charge in [-0.2, -0.15) is 0 Å². The van der Waals surface area contributed by atoms with Gasteiger partial charge in [0, 0.05) is 20.0 Å². The molecule has 1 N–H and O–H groups in total. The zero-order chi connectivity index (χ0) is 20.5. The Hall–Kier alpha value is -0.950. The monoisotopic (exact) mass is 410 g/mol. The molecule has 0 aromatic heterocycles. The van der Waals surface area contributed by atoms with Gasteiger partial charge >= 0.3 is 19.8 Å². The maximum atomic E-state index is 12.0. The zero-order valence-electron chi connectivity index (χ0n) is 16.8. The first-order valence-electron chi connectivity index (χ1n) is 9.72. The lowest BCUT2D eigenvalue weighted by atomic mass is 10.1. The van der Waals surface area contributed by atoms with Crippen LogP contribution < -0.4 is 0 Å². The van der Waals surface area contributed by atoms with E-state index in [2.05, 4.69) is 11.4 Å². The van der Waals surface area contributed by atoms with E-state index in [-0.39, 0.29) is 19.4 Å². The Kier molecular flexibility index (Phi) is 15.5. The van der Waals surface area contributed by atoms with Crippen molar-refractivity contribution >= 4 is 19.8 Å². The van der Waals surface area contributed by atoms with Crippen molar-refractivity contribution in [3.05, 3.63) is 0 Å². The van der Waals surface area contributed by atoms with Gasteiger partial charge in [-0.15, -0.1) is 0 Å². The van der Waals surface area contributed by atoms with E-state index in [0.29, 0.717) is 6.42 Å². The van der Waals surface area contributed by atoms with Crippen molar-refractivity contribution in [2.45, 2.75) is 84.2 Å². The molecule has 0 heterocycles. The second kappa shape index (κ2) is 16.0. The van der Waals surface area contributed by atoms with Crippen molar-refractivity contribution in [1.82, 2.24) is 0 Å². The first-order valence-corrected chi connectivity index (χ1v) is 11.2. The molecule has 0 amide bonds. The molecule has 0 rings (SSSR count). The van der Waals surface area contributed by atoms with Crippen molar-refractivity contribution in [3.63, 3.8) is 0 Å². The predicted molar refractivity (Wildman–Crippen MR) is 101 cm³/mol.